The quantitative estimate of drug-likeness (QED) is 0.800. The van der Waals surface area contributed by atoms with E-state index in [1.165, 1.54) is 23.0 Å². The summed E-state index contributed by atoms with van der Waals surface area (Å²) in [5.74, 6) is -2.81. The number of pyridine rings is 1. The zero-order valence-electron chi connectivity index (χ0n) is 12.3. The second kappa shape index (κ2) is 6.08. The molecule has 0 radical (unpaired) electrons. The van der Waals surface area contributed by atoms with E-state index in [0.717, 1.165) is 6.07 Å². The molecule has 0 N–H and O–H groups in total. The average Bonchev–Trinajstić information content (AvgIpc) is 2.97. The summed E-state index contributed by atoms with van der Waals surface area (Å²) in [4.78, 5) is 3.52. The topological polar surface area (TPSA) is 52.8 Å². The molecule has 0 spiro atoms. The summed E-state index contributed by atoms with van der Waals surface area (Å²) in [7, 11) is 0. The Hall–Kier alpha value is -2.10. The summed E-state index contributed by atoms with van der Waals surface area (Å²) >= 11 is 0. The number of ether oxygens (including phenoxy) is 1. The molecule has 0 aromatic carbocycles. The highest BCUT2D eigenvalue weighted by molar-refractivity contribution is 5.52. The van der Waals surface area contributed by atoms with Gasteiger partial charge in [0.2, 0.25) is 0 Å². The van der Waals surface area contributed by atoms with Crippen molar-refractivity contribution in [2.75, 3.05) is 6.61 Å². The van der Waals surface area contributed by atoms with Crippen LogP contribution in [0.25, 0.3) is 11.4 Å². The van der Waals surface area contributed by atoms with Crippen LogP contribution in [0.15, 0.2) is 24.4 Å². The highest BCUT2D eigenvalue weighted by Crippen LogP contribution is 2.30. The molecule has 0 aliphatic carbocycles. The van der Waals surface area contributed by atoms with Crippen molar-refractivity contribution >= 4 is 0 Å². The van der Waals surface area contributed by atoms with Gasteiger partial charge in [-0.15, -0.1) is 5.10 Å². The molecule has 1 aliphatic heterocycles. The van der Waals surface area contributed by atoms with Crippen molar-refractivity contribution < 1.29 is 26.7 Å². The van der Waals surface area contributed by atoms with Gasteiger partial charge < -0.3 is 4.74 Å². The normalized spacial score (nSPS) is 21.0. The molecule has 1 aliphatic rings. The van der Waals surface area contributed by atoms with Gasteiger partial charge in [0, 0.05) is 6.42 Å². The van der Waals surface area contributed by atoms with Gasteiger partial charge in [-0.3, -0.25) is 0 Å². The van der Waals surface area contributed by atoms with E-state index in [2.05, 4.69) is 15.3 Å². The number of rotatable bonds is 3. The minimum absolute atomic E-state index is 0.0344. The minimum atomic E-state index is -4.55. The van der Waals surface area contributed by atoms with E-state index in [1.54, 1.807) is 0 Å². The average molecular weight is 348 g/mol. The fourth-order valence-electron chi connectivity index (χ4n) is 2.36. The smallest absolute Gasteiger partial charge is 0.370 e. The predicted molar refractivity (Wildman–Crippen MR) is 72.2 cm³/mol. The summed E-state index contributed by atoms with van der Waals surface area (Å²) in [5, 5.41) is 7.58. The van der Waals surface area contributed by atoms with Gasteiger partial charge in [0.15, 0.2) is 0 Å². The third-order valence-electron chi connectivity index (χ3n) is 3.59. The van der Waals surface area contributed by atoms with Crippen LogP contribution in [0.3, 0.4) is 0 Å². The Morgan fingerprint density at radius 3 is 2.71 bits per heavy atom. The van der Waals surface area contributed by atoms with E-state index in [4.69, 9.17) is 4.74 Å². The number of aromatic nitrogens is 4. The Labute approximate surface area is 133 Å². The van der Waals surface area contributed by atoms with Gasteiger partial charge in [0.25, 0.3) is 5.92 Å². The second-order valence-corrected chi connectivity index (χ2v) is 5.56. The number of hydrogen-bond donors (Lipinski definition) is 0. The molecular weight excluding hydrogens is 335 g/mol. The fourth-order valence-corrected chi connectivity index (χ4v) is 2.36. The van der Waals surface area contributed by atoms with Gasteiger partial charge in [-0.05, 0) is 18.6 Å². The Balaban J connectivity index is 1.70. The van der Waals surface area contributed by atoms with E-state index >= 15 is 0 Å². The van der Waals surface area contributed by atoms with Crippen LogP contribution >= 0.6 is 0 Å². The van der Waals surface area contributed by atoms with Crippen molar-refractivity contribution in [1.82, 2.24) is 20.0 Å². The number of alkyl halides is 5. The lowest BCUT2D eigenvalue weighted by Gasteiger charge is -2.28. The zero-order chi connectivity index (χ0) is 17.4. The van der Waals surface area contributed by atoms with Crippen molar-refractivity contribution in [2.45, 2.75) is 37.6 Å². The van der Waals surface area contributed by atoms with Crippen LogP contribution < -0.4 is 0 Å². The first-order valence-electron chi connectivity index (χ1n) is 7.17. The molecule has 2 aromatic rings. The van der Waals surface area contributed by atoms with Crippen molar-refractivity contribution in [3.05, 3.63) is 30.1 Å². The standard InChI is InChI=1S/C14H13F5N4O/c15-13(16)5-4-9(24-8-13)6-23-7-11(21-22-23)10-2-1-3-12(20-10)14(17,18)19/h1-3,7,9H,4-6,8H2. The highest BCUT2D eigenvalue weighted by Gasteiger charge is 2.36. The molecule has 1 atom stereocenters. The van der Waals surface area contributed by atoms with Gasteiger partial charge in [-0.2, -0.15) is 13.2 Å². The number of nitrogens with zero attached hydrogens (tertiary/aromatic N) is 4. The summed E-state index contributed by atoms with van der Waals surface area (Å²) in [6, 6.07) is 3.49. The first-order chi connectivity index (χ1) is 11.2. The Kier molecular flexibility index (Phi) is 4.24. The van der Waals surface area contributed by atoms with E-state index < -0.39 is 30.5 Å². The number of halogens is 5. The van der Waals surface area contributed by atoms with Crippen LogP contribution in [0, 0.1) is 0 Å². The summed E-state index contributed by atoms with van der Waals surface area (Å²) < 4.78 is 70.5. The van der Waals surface area contributed by atoms with Gasteiger partial charge in [-0.1, -0.05) is 11.3 Å². The molecule has 1 unspecified atom stereocenters. The maximum atomic E-state index is 13.0. The lowest BCUT2D eigenvalue weighted by molar-refractivity contribution is -0.147. The molecule has 0 saturated carbocycles. The third kappa shape index (κ3) is 3.86. The van der Waals surface area contributed by atoms with Crippen molar-refractivity contribution in [3.63, 3.8) is 0 Å². The highest BCUT2D eigenvalue weighted by atomic mass is 19.4. The van der Waals surface area contributed by atoms with Gasteiger partial charge in [0.1, 0.15) is 18.0 Å². The fraction of sp³-hybridized carbons (Fsp3) is 0.500. The lowest BCUT2D eigenvalue weighted by Crippen LogP contribution is -2.36. The van der Waals surface area contributed by atoms with Crippen LogP contribution in [-0.2, 0) is 17.5 Å². The van der Waals surface area contributed by atoms with E-state index in [9.17, 15) is 22.0 Å². The van der Waals surface area contributed by atoms with Crippen LogP contribution in [-0.4, -0.2) is 38.6 Å². The maximum Gasteiger partial charge on any atom is 0.433 e. The van der Waals surface area contributed by atoms with Crippen LogP contribution in [0.1, 0.15) is 18.5 Å². The van der Waals surface area contributed by atoms with E-state index in [1.807, 2.05) is 0 Å². The second-order valence-electron chi connectivity index (χ2n) is 5.56. The van der Waals surface area contributed by atoms with Crippen LogP contribution in [0.5, 0.6) is 0 Å². The Morgan fingerprint density at radius 2 is 2.04 bits per heavy atom. The largest absolute Gasteiger partial charge is 0.433 e. The Morgan fingerprint density at radius 1 is 1.25 bits per heavy atom. The molecule has 5 nitrogen and oxygen atoms in total. The summed E-state index contributed by atoms with van der Waals surface area (Å²) in [5.41, 5.74) is -0.818. The molecule has 0 bridgehead atoms. The van der Waals surface area contributed by atoms with E-state index in [0.29, 0.717) is 0 Å². The van der Waals surface area contributed by atoms with Crippen molar-refractivity contribution in [3.8, 4) is 11.4 Å². The molecular formula is C14H13F5N4O. The molecule has 130 valence electrons. The molecule has 10 heteroatoms. The molecule has 0 amide bonds. The first-order valence-corrected chi connectivity index (χ1v) is 7.17. The molecule has 2 aromatic heterocycles. The molecule has 3 heterocycles. The van der Waals surface area contributed by atoms with Gasteiger partial charge >= 0.3 is 6.18 Å². The first kappa shape index (κ1) is 16.7. The van der Waals surface area contributed by atoms with Crippen molar-refractivity contribution in [1.29, 1.82) is 0 Å². The molecule has 3 rings (SSSR count). The molecule has 1 saturated heterocycles. The van der Waals surface area contributed by atoms with Crippen molar-refractivity contribution in [2.24, 2.45) is 0 Å². The monoisotopic (exact) mass is 348 g/mol. The van der Waals surface area contributed by atoms with Gasteiger partial charge in [-0.25, -0.2) is 18.4 Å². The Bertz CT molecular complexity index is 705. The summed E-state index contributed by atoms with van der Waals surface area (Å²) in [6.07, 6.45) is -3.67. The molecule has 1 fully saturated rings. The van der Waals surface area contributed by atoms with Crippen LogP contribution in [0.4, 0.5) is 22.0 Å². The van der Waals surface area contributed by atoms with E-state index in [-0.39, 0.29) is 30.8 Å². The molecule has 24 heavy (non-hydrogen) atoms. The van der Waals surface area contributed by atoms with Gasteiger partial charge in [0.05, 0.1) is 24.5 Å². The third-order valence-corrected chi connectivity index (χ3v) is 3.59. The number of hydrogen-bond acceptors (Lipinski definition) is 4. The summed E-state index contributed by atoms with van der Waals surface area (Å²) in [6.45, 7) is -0.448. The predicted octanol–water partition coefficient (Wildman–Crippen LogP) is 3.17. The lowest BCUT2D eigenvalue weighted by atomic mass is 10.1. The minimum Gasteiger partial charge on any atom is -0.370 e. The SMILES string of the molecule is FC1(F)CCC(Cn2cc(-c3cccc(C(F)(F)F)n3)nn2)OC1. The zero-order valence-corrected chi connectivity index (χ0v) is 12.3. The van der Waals surface area contributed by atoms with Crippen LogP contribution in [0.2, 0.25) is 0 Å². The maximum absolute atomic E-state index is 13.0.